The molecule has 176 valence electrons. The van der Waals surface area contributed by atoms with Gasteiger partial charge in [0.25, 0.3) is 0 Å². The van der Waals surface area contributed by atoms with Gasteiger partial charge in [-0.3, -0.25) is 0 Å². The van der Waals surface area contributed by atoms with Crippen LogP contribution in [0.5, 0.6) is 0 Å². The van der Waals surface area contributed by atoms with Gasteiger partial charge in [0.2, 0.25) is 0 Å². The molecule has 0 amide bonds. The highest BCUT2D eigenvalue weighted by atomic mass is 15.3. The van der Waals surface area contributed by atoms with Gasteiger partial charge < -0.3 is 26.3 Å². The highest BCUT2D eigenvalue weighted by Gasteiger charge is 2.23. The van der Waals surface area contributed by atoms with Crippen LogP contribution in [0.15, 0.2) is 49.1 Å². The Hall–Kier alpha value is -3.72. The summed E-state index contributed by atoms with van der Waals surface area (Å²) in [7, 11) is 0. The van der Waals surface area contributed by atoms with Gasteiger partial charge in [-0.1, -0.05) is 13.0 Å². The number of fused-ring (bicyclic) bond motifs is 1. The van der Waals surface area contributed by atoms with E-state index in [9.17, 15) is 0 Å². The molecule has 9 heteroatoms. The molecule has 0 radical (unpaired) electrons. The molecule has 5 heterocycles. The van der Waals surface area contributed by atoms with Crippen LogP contribution in [0.2, 0.25) is 0 Å². The number of nitrogens with zero attached hydrogens (tertiary/aromatic N) is 5. The lowest BCUT2D eigenvalue weighted by Gasteiger charge is -2.37. The number of anilines is 3. The second kappa shape index (κ2) is 9.26. The molecule has 1 aliphatic rings. The minimum Gasteiger partial charge on any atom is -0.384 e. The highest BCUT2D eigenvalue weighted by molar-refractivity contribution is 6.01. The van der Waals surface area contributed by atoms with Gasteiger partial charge in [-0.2, -0.15) is 0 Å². The van der Waals surface area contributed by atoms with Crippen LogP contribution >= 0.6 is 0 Å². The van der Waals surface area contributed by atoms with Gasteiger partial charge in [0.1, 0.15) is 29.4 Å². The number of pyridine rings is 2. The van der Waals surface area contributed by atoms with E-state index in [4.69, 9.17) is 10.7 Å². The van der Waals surface area contributed by atoms with Crippen molar-refractivity contribution in [1.29, 1.82) is 0 Å². The van der Waals surface area contributed by atoms with Gasteiger partial charge in [0.15, 0.2) is 0 Å². The Bertz CT molecular complexity index is 1270. The fourth-order valence-electron chi connectivity index (χ4n) is 4.79. The number of nitrogen functional groups attached to an aromatic ring is 1. The largest absolute Gasteiger partial charge is 0.384 e. The van der Waals surface area contributed by atoms with Gasteiger partial charge >= 0.3 is 0 Å². The van der Waals surface area contributed by atoms with E-state index < -0.39 is 0 Å². The topological polar surface area (TPSA) is 121 Å². The fraction of sp³-hybridized carbons (Fsp3) is 0.360. The maximum atomic E-state index is 5.93. The maximum Gasteiger partial charge on any atom is 0.143 e. The zero-order valence-electron chi connectivity index (χ0n) is 19.8. The summed E-state index contributed by atoms with van der Waals surface area (Å²) in [5.41, 5.74) is 9.64. The van der Waals surface area contributed by atoms with Crippen molar-refractivity contribution >= 4 is 28.5 Å². The third-order valence-electron chi connectivity index (χ3n) is 6.28. The SMILES string of the molecule is CCC(Nc1ncnc2[nH]cc(-c3ccnc(N)c3)c12)c1cccc(N2C[C@@H](C)N[C@@H](C)C2)n1. The average molecular weight is 458 g/mol. The molecule has 34 heavy (non-hydrogen) atoms. The summed E-state index contributed by atoms with van der Waals surface area (Å²) in [6, 6.07) is 10.9. The smallest absolute Gasteiger partial charge is 0.143 e. The van der Waals surface area contributed by atoms with Gasteiger partial charge in [0, 0.05) is 43.1 Å². The van der Waals surface area contributed by atoms with Gasteiger partial charge in [-0.05, 0) is 50.1 Å². The van der Waals surface area contributed by atoms with E-state index >= 15 is 0 Å². The minimum atomic E-state index is 0.000993. The molecule has 4 aromatic heterocycles. The van der Waals surface area contributed by atoms with Gasteiger partial charge in [0.05, 0.1) is 17.1 Å². The number of nitrogens with two attached hydrogens (primary N) is 1. The lowest BCUT2D eigenvalue weighted by Crippen LogP contribution is -2.54. The van der Waals surface area contributed by atoms with E-state index in [2.05, 4.69) is 74.4 Å². The quantitative estimate of drug-likeness (QED) is 0.345. The second-order valence-electron chi connectivity index (χ2n) is 9.02. The van der Waals surface area contributed by atoms with Crippen LogP contribution in [0.3, 0.4) is 0 Å². The Morgan fingerprint density at radius 1 is 1.15 bits per heavy atom. The first-order valence-electron chi connectivity index (χ1n) is 11.8. The Kier molecular flexibility index (Phi) is 6.02. The third kappa shape index (κ3) is 4.38. The van der Waals surface area contributed by atoms with Crippen molar-refractivity contribution in [3.63, 3.8) is 0 Å². The molecule has 1 aliphatic heterocycles. The van der Waals surface area contributed by atoms with Crippen LogP contribution in [0.4, 0.5) is 17.5 Å². The maximum absolute atomic E-state index is 5.93. The molecule has 0 bridgehead atoms. The Morgan fingerprint density at radius 2 is 1.97 bits per heavy atom. The molecule has 4 aromatic rings. The lowest BCUT2D eigenvalue weighted by atomic mass is 10.1. The molecule has 0 aliphatic carbocycles. The lowest BCUT2D eigenvalue weighted by molar-refractivity contribution is 0.405. The number of rotatable bonds is 6. The standard InChI is InChI=1S/C25H31N9/c1-4-19(20-6-5-7-22(32-20)34-12-15(2)31-16(3)13-34)33-25-23-18(11-28-24(23)29-14-30-25)17-8-9-27-21(26)10-17/h5-11,14-16,19,31H,4,12-13H2,1-3H3,(H2,26,27)(H2,28,29,30,33)/t15-,16+,19?. The van der Waals surface area contributed by atoms with Crippen molar-refractivity contribution < 1.29 is 0 Å². The molecule has 1 fully saturated rings. The third-order valence-corrected chi connectivity index (χ3v) is 6.28. The van der Waals surface area contributed by atoms with Crippen molar-refractivity contribution in [2.24, 2.45) is 0 Å². The molecular formula is C25H31N9. The van der Waals surface area contributed by atoms with Crippen molar-refractivity contribution in [1.82, 2.24) is 30.2 Å². The van der Waals surface area contributed by atoms with Crippen LogP contribution in [0.1, 0.15) is 38.9 Å². The number of aromatic amines is 1. The number of hydrogen-bond donors (Lipinski definition) is 4. The van der Waals surface area contributed by atoms with E-state index in [1.807, 2.05) is 18.3 Å². The fourth-order valence-corrected chi connectivity index (χ4v) is 4.79. The number of hydrogen-bond acceptors (Lipinski definition) is 8. The summed E-state index contributed by atoms with van der Waals surface area (Å²) in [6.45, 7) is 8.47. The predicted molar refractivity (Wildman–Crippen MR) is 137 cm³/mol. The normalized spacial score (nSPS) is 19.3. The van der Waals surface area contributed by atoms with Crippen LogP contribution in [0.25, 0.3) is 22.2 Å². The van der Waals surface area contributed by atoms with Crippen molar-refractivity contribution in [3.8, 4) is 11.1 Å². The van der Waals surface area contributed by atoms with E-state index in [1.54, 1.807) is 12.5 Å². The predicted octanol–water partition coefficient (Wildman–Crippen LogP) is 3.75. The molecule has 0 aromatic carbocycles. The molecule has 5 rings (SSSR count). The molecule has 9 nitrogen and oxygen atoms in total. The van der Waals surface area contributed by atoms with Crippen LogP contribution in [-0.4, -0.2) is 50.1 Å². The minimum absolute atomic E-state index is 0.000993. The summed E-state index contributed by atoms with van der Waals surface area (Å²) < 4.78 is 0. The van der Waals surface area contributed by atoms with Gasteiger partial charge in [-0.15, -0.1) is 0 Å². The first-order valence-corrected chi connectivity index (χ1v) is 11.8. The number of aromatic nitrogens is 5. The van der Waals surface area contributed by atoms with E-state index in [-0.39, 0.29) is 6.04 Å². The number of H-pyrrole nitrogens is 1. The first kappa shape index (κ1) is 22.1. The average Bonchev–Trinajstić information content (AvgIpc) is 3.27. The van der Waals surface area contributed by atoms with Crippen LogP contribution in [-0.2, 0) is 0 Å². The van der Waals surface area contributed by atoms with E-state index in [0.717, 1.165) is 59.0 Å². The van der Waals surface area contributed by atoms with Crippen molar-refractivity contribution in [2.45, 2.75) is 45.3 Å². The number of piperazine rings is 1. The zero-order valence-corrected chi connectivity index (χ0v) is 19.8. The molecular weight excluding hydrogens is 426 g/mol. The second-order valence-corrected chi connectivity index (χ2v) is 9.02. The Morgan fingerprint density at radius 3 is 2.74 bits per heavy atom. The van der Waals surface area contributed by atoms with E-state index in [1.165, 1.54) is 0 Å². The summed E-state index contributed by atoms with van der Waals surface area (Å²) in [5.74, 6) is 2.25. The van der Waals surface area contributed by atoms with Crippen molar-refractivity contribution in [3.05, 3.63) is 54.7 Å². The van der Waals surface area contributed by atoms with Gasteiger partial charge in [-0.25, -0.2) is 19.9 Å². The summed E-state index contributed by atoms with van der Waals surface area (Å²) >= 11 is 0. The van der Waals surface area contributed by atoms with Crippen molar-refractivity contribution in [2.75, 3.05) is 29.0 Å². The zero-order chi connectivity index (χ0) is 23.7. The Balaban J connectivity index is 1.47. The molecule has 3 atom stereocenters. The summed E-state index contributed by atoms with van der Waals surface area (Å²) in [4.78, 5) is 23.8. The molecule has 0 saturated carbocycles. The molecule has 1 saturated heterocycles. The number of nitrogens with one attached hydrogen (secondary N) is 3. The molecule has 1 unspecified atom stereocenters. The monoisotopic (exact) mass is 457 g/mol. The molecule has 5 N–H and O–H groups in total. The van der Waals surface area contributed by atoms with Crippen LogP contribution < -0.4 is 21.3 Å². The highest BCUT2D eigenvalue weighted by Crippen LogP contribution is 2.34. The summed E-state index contributed by atoms with van der Waals surface area (Å²) in [6.07, 6.45) is 6.08. The Labute approximate surface area is 199 Å². The molecule has 0 spiro atoms. The van der Waals surface area contributed by atoms with Crippen LogP contribution in [0, 0.1) is 0 Å². The van der Waals surface area contributed by atoms with E-state index in [0.29, 0.717) is 17.9 Å². The first-order chi connectivity index (χ1) is 16.5. The summed E-state index contributed by atoms with van der Waals surface area (Å²) in [5, 5.41) is 8.14.